The van der Waals surface area contributed by atoms with Gasteiger partial charge in [0.2, 0.25) is 5.91 Å². The summed E-state index contributed by atoms with van der Waals surface area (Å²) in [7, 11) is 0. The summed E-state index contributed by atoms with van der Waals surface area (Å²) in [6.45, 7) is 0.904. The monoisotopic (exact) mass is 380 g/mol. The third-order valence-electron chi connectivity index (χ3n) is 4.72. The van der Waals surface area contributed by atoms with Crippen LogP contribution in [0.3, 0.4) is 0 Å². The number of halogens is 3. The van der Waals surface area contributed by atoms with E-state index in [1.807, 2.05) is 35.2 Å². The van der Waals surface area contributed by atoms with Crippen LogP contribution in [-0.4, -0.2) is 23.4 Å². The minimum atomic E-state index is -0.139. The Hall–Kier alpha value is -1.26. The number of benzene rings is 2. The average Bonchev–Trinajstić information content (AvgIpc) is 3.14. The summed E-state index contributed by atoms with van der Waals surface area (Å²) < 4.78 is 0. The van der Waals surface area contributed by atoms with E-state index in [1.165, 1.54) is 0 Å². The number of anilines is 1. The van der Waals surface area contributed by atoms with Gasteiger partial charge in [-0.15, -0.1) is 0 Å². The molecular weight excluding hydrogens is 367 g/mol. The van der Waals surface area contributed by atoms with Crippen LogP contribution in [-0.2, 0) is 4.79 Å². The van der Waals surface area contributed by atoms with Crippen molar-refractivity contribution in [2.45, 2.75) is 25.0 Å². The molecule has 0 spiro atoms. The Morgan fingerprint density at radius 3 is 2.42 bits per heavy atom. The predicted molar refractivity (Wildman–Crippen MR) is 97.9 cm³/mol. The van der Waals surface area contributed by atoms with Crippen LogP contribution < -0.4 is 4.90 Å². The summed E-state index contributed by atoms with van der Waals surface area (Å²) in [5.41, 5.74) is 1.81. The van der Waals surface area contributed by atoms with Crippen molar-refractivity contribution in [3.8, 4) is 0 Å². The van der Waals surface area contributed by atoms with E-state index in [0.29, 0.717) is 15.1 Å². The number of hydrogen-bond acceptors (Lipinski definition) is 2. The van der Waals surface area contributed by atoms with Gasteiger partial charge in [0.25, 0.3) is 0 Å². The second-order valence-corrected chi connectivity index (χ2v) is 7.38. The Morgan fingerprint density at radius 1 is 0.958 bits per heavy atom. The fourth-order valence-corrected chi connectivity index (χ4v) is 4.07. The third kappa shape index (κ3) is 2.60. The largest absolute Gasteiger partial charge is 0.290 e. The van der Waals surface area contributed by atoms with Gasteiger partial charge < -0.3 is 0 Å². The maximum absolute atomic E-state index is 13.0. The van der Waals surface area contributed by atoms with Crippen molar-refractivity contribution in [2.75, 3.05) is 11.4 Å². The zero-order valence-corrected chi connectivity index (χ0v) is 15.0. The molecule has 2 saturated heterocycles. The number of hydrogen-bond donors (Lipinski definition) is 0. The Bertz CT molecular complexity index is 793. The SMILES string of the molecule is O=C1[C@@H]2CCCN2[C@@H](c2ccc(Cl)cc2)N1c1ccc(Cl)c(Cl)c1. The molecule has 2 aliphatic rings. The zero-order valence-electron chi connectivity index (χ0n) is 12.8. The lowest BCUT2D eigenvalue weighted by Crippen LogP contribution is -2.32. The van der Waals surface area contributed by atoms with Gasteiger partial charge in [-0.05, 0) is 48.7 Å². The molecule has 0 aromatic heterocycles. The van der Waals surface area contributed by atoms with Crippen LogP contribution in [0.15, 0.2) is 42.5 Å². The van der Waals surface area contributed by atoms with Crippen LogP contribution >= 0.6 is 34.8 Å². The van der Waals surface area contributed by atoms with Crippen LogP contribution in [0.1, 0.15) is 24.6 Å². The molecule has 4 rings (SSSR count). The Balaban J connectivity index is 1.81. The molecule has 2 aliphatic heterocycles. The highest BCUT2D eigenvalue weighted by atomic mass is 35.5. The first-order valence-corrected chi connectivity index (χ1v) is 8.99. The molecule has 0 unspecified atom stereocenters. The molecular formula is C18H15Cl3N2O. The van der Waals surface area contributed by atoms with E-state index in [4.69, 9.17) is 34.8 Å². The van der Waals surface area contributed by atoms with Crippen molar-refractivity contribution < 1.29 is 4.79 Å². The number of fused-ring (bicyclic) bond motifs is 1. The number of carbonyl (C=O) groups excluding carboxylic acids is 1. The lowest BCUT2D eigenvalue weighted by Gasteiger charge is -2.30. The molecule has 0 saturated carbocycles. The van der Waals surface area contributed by atoms with Crippen molar-refractivity contribution in [1.29, 1.82) is 0 Å². The van der Waals surface area contributed by atoms with E-state index < -0.39 is 0 Å². The summed E-state index contributed by atoms with van der Waals surface area (Å²) in [4.78, 5) is 17.1. The summed E-state index contributed by atoms with van der Waals surface area (Å²) in [6.07, 6.45) is 1.79. The molecule has 2 fully saturated rings. The van der Waals surface area contributed by atoms with Gasteiger partial charge in [0, 0.05) is 17.3 Å². The molecule has 0 bridgehead atoms. The molecule has 0 aliphatic carbocycles. The van der Waals surface area contributed by atoms with Crippen molar-refractivity contribution in [2.24, 2.45) is 0 Å². The fourth-order valence-electron chi connectivity index (χ4n) is 3.66. The zero-order chi connectivity index (χ0) is 16.8. The maximum atomic E-state index is 13.0. The highest BCUT2D eigenvalue weighted by molar-refractivity contribution is 6.42. The molecule has 24 heavy (non-hydrogen) atoms. The number of rotatable bonds is 2. The second kappa shape index (κ2) is 6.23. The molecule has 0 N–H and O–H groups in total. The third-order valence-corrected chi connectivity index (χ3v) is 5.72. The summed E-state index contributed by atoms with van der Waals surface area (Å²) in [5, 5.41) is 1.61. The van der Waals surface area contributed by atoms with Gasteiger partial charge in [0.15, 0.2) is 0 Å². The van der Waals surface area contributed by atoms with E-state index in [1.54, 1.807) is 12.1 Å². The van der Waals surface area contributed by atoms with Crippen LogP contribution in [0.4, 0.5) is 5.69 Å². The highest BCUT2D eigenvalue weighted by Crippen LogP contribution is 2.43. The first kappa shape index (κ1) is 16.2. The Labute approximate surface area is 155 Å². The topological polar surface area (TPSA) is 23.6 Å². The van der Waals surface area contributed by atoms with Crippen LogP contribution in [0, 0.1) is 0 Å². The molecule has 0 radical (unpaired) electrons. The summed E-state index contributed by atoms with van der Waals surface area (Å²) in [6, 6.07) is 12.9. The van der Waals surface area contributed by atoms with Gasteiger partial charge in [0.05, 0.1) is 16.1 Å². The minimum absolute atomic E-state index is 0.0693. The normalized spacial score (nSPS) is 23.8. The predicted octanol–water partition coefficient (Wildman–Crippen LogP) is 5.16. The van der Waals surface area contributed by atoms with Crippen LogP contribution in [0.2, 0.25) is 15.1 Å². The van der Waals surface area contributed by atoms with Gasteiger partial charge in [-0.25, -0.2) is 0 Å². The molecule has 1 amide bonds. The van der Waals surface area contributed by atoms with Crippen LogP contribution in [0.25, 0.3) is 0 Å². The van der Waals surface area contributed by atoms with E-state index in [0.717, 1.165) is 30.6 Å². The highest BCUT2D eigenvalue weighted by Gasteiger charge is 2.49. The van der Waals surface area contributed by atoms with E-state index >= 15 is 0 Å². The standard InChI is InChI=1S/C18H15Cl3N2O/c19-12-5-3-11(4-6-12)17-22-9-1-2-16(22)18(24)23(17)13-7-8-14(20)15(21)10-13/h3-8,10,16-17H,1-2,9H2/t16-,17+/m0/s1. The summed E-state index contributed by atoms with van der Waals surface area (Å²) in [5.74, 6) is 0.117. The van der Waals surface area contributed by atoms with Crippen molar-refractivity contribution in [1.82, 2.24) is 4.90 Å². The Morgan fingerprint density at radius 2 is 1.71 bits per heavy atom. The molecule has 6 heteroatoms. The molecule has 124 valence electrons. The van der Waals surface area contributed by atoms with Gasteiger partial charge in [-0.3, -0.25) is 14.6 Å². The van der Waals surface area contributed by atoms with E-state index in [-0.39, 0.29) is 18.1 Å². The molecule has 2 heterocycles. The lowest BCUT2D eigenvalue weighted by molar-refractivity contribution is -0.119. The molecule has 3 nitrogen and oxygen atoms in total. The van der Waals surface area contributed by atoms with Gasteiger partial charge in [-0.1, -0.05) is 46.9 Å². The second-order valence-electron chi connectivity index (χ2n) is 6.13. The summed E-state index contributed by atoms with van der Waals surface area (Å²) >= 11 is 18.2. The molecule has 2 atom stereocenters. The van der Waals surface area contributed by atoms with Crippen molar-refractivity contribution >= 4 is 46.4 Å². The number of amides is 1. The fraction of sp³-hybridized carbons (Fsp3) is 0.278. The Kier molecular flexibility index (Phi) is 4.21. The molecule has 2 aromatic carbocycles. The number of carbonyl (C=O) groups is 1. The minimum Gasteiger partial charge on any atom is -0.290 e. The van der Waals surface area contributed by atoms with E-state index in [2.05, 4.69) is 4.90 Å². The van der Waals surface area contributed by atoms with E-state index in [9.17, 15) is 4.79 Å². The first-order chi connectivity index (χ1) is 11.6. The van der Waals surface area contributed by atoms with Gasteiger partial charge in [-0.2, -0.15) is 0 Å². The van der Waals surface area contributed by atoms with Crippen molar-refractivity contribution in [3.05, 3.63) is 63.1 Å². The molecule has 2 aromatic rings. The average molecular weight is 382 g/mol. The number of nitrogens with zero attached hydrogens (tertiary/aromatic N) is 2. The first-order valence-electron chi connectivity index (χ1n) is 7.85. The van der Waals surface area contributed by atoms with Gasteiger partial charge in [0.1, 0.15) is 6.17 Å². The van der Waals surface area contributed by atoms with Crippen LogP contribution in [0.5, 0.6) is 0 Å². The van der Waals surface area contributed by atoms with Gasteiger partial charge >= 0.3 is 0 Å². The smallest absolute Gasteiger partial charge is 0.246 e. The quantitative estimate of drug-likeness (QED) is 0.717. The lowest BCUT2D eigenvalue weighted by atomic mass is 10.1. The maximum Gasteiger partial charge on any atom is 0.246 e. The van der Waals surface area contributed by atoms with Crippen molar-refractivity contribution in [3.63, 3.8) is 0 Å².